The Balaban J connectivity index is 3.55. The first-order valence-corrected chi connectivity index (χ1v) is 5.42. The van der Waals surface area contributed by atoms with E-state index in [0.29, 0.717) is 19.4 Å². The van der Waals surface area contributed by atoms with E-state index in [1.807, 2.05) is 0 Å². The van der Waals surface area contributed by atoms with Gasteiger partial charge in [-0.05, 0) is 26.2 Å². The van der Waals surface area contributed by atoms with Gasteiger partial charge >= 0.3 is 0 Å². The van der Waals surface area contributed by atoms with Gasteiger partial charge in [0.1, 0.15) is 5.78 Å². The minimum atomic E-state index is 0.0224. The Labute approximate surface area is 91.3 Å². The fourth-order valence-electron chi connectivity index (χ4n) is 1.24. The number of amides is 1. The molecule has 0 aromatic heterocycles. The molecule has 1 N–H and O–H groups in total. The number of hydrogen-bond acceptors (Lipinski definition) is 3. The molecule has 0 bridgehead atoms. The molecular weight excluding hydrogens is 194 g/mol. The Kier molecular flexibility index (Phi) is 7.91. The third-order valence-corrected chi connectivity index (χ3v) is 2.27. The number of aliphatic hydroxyl groups excluding tert-OH is 1. The lowest BCUT2D eigenvalue weighted by Gasteiger charge is -2.16. The van der Waals surface area contributed by atoms with Gasteiger partial charge in [0.15, 0.2) is 0 Å². The van der Waals surface area contributed by atoms with E-state index in [2.05, 4.69) is 0 Å². The van der Waals surface area contributed by atoms with Crippen LogP contribution in [-0.2, 0) is 9.59 Å². The second-order valence-corrected chi connectivity index (χ2v) is 3.80. The molecule has 0 saturated heterocycles. The maximum Gasteiger partial charge on any atom is 0.222 e. The van der Waals surface area contributed by atoms with Gasteiger partial charge in [-0.15, -0.1) is 0 Å². The van der Waals surface area contributed by atoms with Crippen LogP contribution in [0.25, 0.3) is 0 Å². The highest BCUT2D eigenvalue weighted by atomic mass is 16.2. The van der Waals surface area contributed by atoms with Crippen molar-refractivity contribution in [2.24, 2.45) is 0 Å². The van der Waals surface area contributed by atoms with Crippen molar-refractivity contribution in [1.29, 1.82) is 0 Å². The van der Waals surface area contributed by atoms with Gasteiger partial charge < -0.3 is 14.8 Å². The maximum atomic E-state index is 11.4. The molecule has 4 nitrogen and oxygen atoms in total. The Morgan fingerprint density at radius 1 is 1.13 bits per heavy atom. The molecule has 0 aromatic carbocycles. The van der Waals surface area contributed by atoms with Crippen molar-refractivity contribution in [3.8, 4) is 0 Å². The van der Waals surface area contributed by atoms with E-state index < -0.39 is 0 Å². The van der Waals surface area contributed by atoms with Crippen molar-refractivity contribution in [2.75, 3.05) is 20.2 Å². The molecule has 1 amide bonds. The van der Waals surface area contributed by atoms with Crippen molar-refractivity contribution in [1.82, 2.24) is 4.90 Å². The third kappa shape index (κ3) is 8.12. The van der Waals surface area contributed by atoms with E-state index >= 15 is 0 Å². The minimum Gasteiger partial charge on any atom is -0.396 e. The Hall–Kier alpha value is -0.900. The molecular formula is C11H21NO3. The Morgan fingerprint density at radius 3 is 2.33 bits per heavy atom. The maximum absolute atomic E-state index is 11.4. The fourth-order valence-corrected chi connectivity index (χ4v) is 1.24. The van der Waals surface area contributed by atoms with Gasteiger partial charge in [0.25, 0.3) is 0 Å². The lowest BCUT2D eigenvalue weighted by atomic mass is 10.2. The summed E-state index contributed by atoms with van der Waals surface area (Å²) in [5.74, 6) is 0.0752. The van der Waals surface area contributed by atoms with Crippen molar-refractivity contribution in [2.45, 2.75) is 39.0 Å². The van der Waals surface area contributed by atoms with Crippen LogP contribution in [0.1, 0.15) is 39.0 Å². The van der Waals surface area contributed by atoms with Crippen molar-refractivity contribution >= 4 is 11.7 Å². The zero-order chi connectivity index (χ0) is 11.7. The van der Waals surface area contributed by atoms with Crippen LogP contribution in [0.5, 0.6) is 0 Å². The quantitative estimate of drug-likeness (QED) is 0.614. The molecule has 0 rings (SSSR count). The minimum absolute atomic E-state index is 0.0224. The van der Waals surface area contributed by atoms with Gasteiger partial charge in [-0.2, -0.15) is 0 Å². The zero-order valence-corrected chi connectivity index (χ0v) is 9.66. The van der Waals surface area contributed by atoms with E-state index in [1.165, 1.54) is 6.92 Å². The van der Waals surface area contributed by atoms with Gasteiger partial charge in [-0.1, -0.05) is 0 Å². The predicted molar refractivity (Wildman–Crippen MR) is 58.5 cm³/mol. The summed E-state index contributed by atoms with van der Waals surface area (Å²) in [6.45, 7) is 2.41. The molecule has 0 aromatic rings. The highest BCUT2D eigenvalue weighted by Crippen LogP contribution is 2.00. The molecule has 4 heteroatoms. The van der Waals surface area contributed by atoms with Crippen LogP contribution < -0.4 is 0 Å². The first kappa shape index (κ1) is 14.1. The third-order valence-electron chi connectivity index (χ3n) is 2.27. The summed E-state index contributed by atoms with van der Waals surface area (Å²) in [5.41, 5.74) is 0. The molecule has 0 atom stereocenters. The number of carbonyl (C=O) groups is 2. The van der Waals surface area contributed by atoms with E-state index in [4.69, 9.17) is 5.11 Å². The molecule has 0 aliphatic heterocycles. The van der Waals surface area contributed by atoms with Gasteiger partial charge in [0, 0.05) is 33.0 Å². The predicted octanol–water partition coefficient (Wildman–Crippen LogP) is 0.977. The average molecular weight is 215 g/mol. The fraction of sp³-hybridized carbons (Fsp3) is 0.818. The Bertz CT molecular complexity index is 204. The standard InChI is InChI=1S/C11H21NO3/c1-10(14)6-7-11(15)12(2)8-4-3-5-9-13/h13H,3-9H2,1-2H3. The first-order valence-electron chi connectivity index (χ1n) is 5.42. The molecule has 0 unspecified atom stereocenters. The summed E-state index contributed by atoms with van der Waals surface area (Å²) < 4.78 is 0. The van der Waals surface area contributed by atoms with E-state index in [0.717, 1.165) is 19.3 Å². The second-order valence-electron chi connectivity index (χ2n) is 3.80. The zero-order valence-electron chi connectivity index (χ0n) is 9.66. The highest BCUT2D eigenvalue weighted by molar-refractivity contribution is 5.83. The molecule has 0 spiro atoms. The monoisotopic (exact) mass is 215 g/mol. The summed E-state index contributed by atoms with van der Waals surface area (Å²) in [5, 5.41) is 8.57. The van der Waals surface area contributed by atoms with Crippen LogP contribution in [0.4, 0.5) is 0 Å². The number of nitrogens with zero attached hydrogens (tertiary/aromatic N) is 1. The average Bonchev–Trinajstić information content (AvgIpc) is 2.20. The van der Waals surface area contributed by atoms with Crippen molar-refractivity contribution < 1.29 is 14.7 Å². The summed E-state index contributed by atoms with van der Waals surface area (Å²) in [6, 6.07) is 0. The summed E-state index contributed by atoms with van der Waals surface area (Å²) in [4.78, 5) is 23.8. The second kappa shape index (κ2) is 8.41. The smallest absolute Gasteiger partial charge is 0.222 e. The SMILES string of the molecule is CC(=O)CCC(=O)N(C)CCCCCO. The molecule has 0 radical (unpaired) electrons. The lowest BCUT2D eigenvalue weighted by Crippen LogP contribution is -2.27. The van der Waals surface area contributed by atoms with Gasteiger partial charge in [-0.3, -0.25) is 4.79 Å². The molecule has 0 aliphatic rings. The summed E-state index contributed by atoms with van der Waals surface area (Å²) >= 11 is 0. The Morgan fingerprint density at radius 2 is 1.80 bits per heavy atom. The van der Waals surface area contributed by atoms with E-state index in [9.17, 15) is 9.59 Å². The van der Waals surface area contributed by atoms with Gasteiger partial charge in [0.05, 0.1) is 0 Å². The molecule has 0 aliphatic carbocycles. The summed E-state index contributed by atoms with van der Waals surface area (Å²) in [7, 11) is 1.75. The molecule has 0 fully saturated rings. The summed E-state index contributed by atoms with van der Waals surface area (Å²) in [6.07, 6.45) is 3.27. The molecule has 0 heterocycles. The number of Topliss-reactive ketones (excluding diaryl/α,β-unsaturated/α-hetero) is 1. The van der Waals surface area contributed by atoms with Gasteiger partial charge in [0.2, 0.25) is 5.91 Å². The van der Waals surface area contributed by atoms with E-state index in [1.54, 1.807) is 11.9 Å². The highest BCUT2D eigenvalue weighted by Gasteiger charge is 2.08. The van der Waals surface area contributed by atoms with E-state index in [-0.39, 0.29) is 18.3 Å². The number of unbranched alkanes of at least 4 members (excludes halogenated alkanes) is 2. The number of ketones is 1. The topological polar surface area (TPSA) is 57.6 Å². The van der Waals surface area contributed by atoms with Gasteiger partial charge in [-0.25, -0.2) is 0 Å². The lowest BCUT2D eigenvalue weighted by molar-refractivity contribution is -0.131. The van der Waals surface area contributed by atoms with Crippen LogP contribution in [0.15, 0.2) is 0 Å². The van der Waals surface area contributed by atoms with Crippen LogP contribution in [-0.4, -0.2) is 41.9 Å². The molecule has 15 heavy (non-hydrogen) atoms. The number of hydrogen-bond donors (Lipinski definition) is 1. The van der Waals surface area contributed by atoms with Crippen LogP contribution in [0.3, 0.4) is 0 Å². The van der Waals surface area contributed by atoms with Crippen LogP contribution in [0, 0.1) is 0 Å². The number of aliphatic hydroxyl groups is 1. The van der Waals surface area contributed by atoms with Crippen molar-refractivity contribution in [3.05, 3.63) is 0 Å². The largest absolute Gasteiger partial charge is 0.396 e. The van der Waals surface area contributed by atoms with Crippen LogP contribution in [0.2, 0.25) is 0 Å². The number of carbonyl (C=O) groups excluding carboxylic acids is 2. The number of rotatable bonds is 8. The first-order chi connectivity index (χ1) is 7.07. The molecule has 0 saturated carbocycles. The normalized spacial score (nSPS) is 10.1. The van der Waals surface area contributed by atoms with Crippen molar-refractivity contribution in [3.63, 3.8) is 0 Å². The van der Waals surface area contributed by atoms with Crippen LogP contribution >= 0.6 is 0 Å². The molecule has 88 valence electrons.